The van der Waals surface area contributed by atoms with Crippen LogP contribution in [0.5, 0.6) is 0 Å². The van der Waals surface area contributed by atoms with Crippen LogP contribution in [-0.2, 0) is 0 Å². The highest BCUT2D eigenvalue weighted by molar-refractivity contribution is 5.92. The molecule has 0 aliphatic carbocycles. The summed E-state index contributed by atoms with van der Waals surface area (Å²) in [4.78, 5) is 18.3. The van der Waals surface area contributed by atoms with Crippen molar-refractivity contribution in [1.82, 2.24) is 9.88 Å². The molecule has 0 atom stereocenters. The average Bonchev–Trinajstić information content (AvgIpc) is 2.92. The van der Waals surface area contributed by atoms with Crippen LogP contribution in [0, 0.1) is 16.7 Å². The number of hydrogen-bond acceptors (Lipinski definition) is 3. The van der Waals surface area contributed by atoms with Crippen LogP contribution >= 0.6 is 0 Å². The van der Waals surface area contributed by atoms with Gasteiger partial charge in [-0.1, -0.05) is 13.8 Å². The van der Waals surface area contributed by atoms with E-state index >= 15 is 0 Å². The Morgan fingerprint density at radius 3 is 2.68 bits per heavy atom. The lowest BCUT2D eigenvalue weighted by molar-refractivity contribution is 0.0764. The number of nitrogens with zero attached hydrogens (tertiary/aromatic N) is 3. The fourth-order valence-electron chi connectivity index (χ4n) is 2.68. The molecule has 100 valence electrons. The normalized spacial score (nSPS) is 17.2. The van der Waals surface area contributed by atoms with E-state index in [0.717, 1.165) is 32.4 Å². The molecule has 1 saturated heterocycles. The Bertz CT molecular complexity index is 497. The van der Waals surface area contributed by atoms with Crippen LogP contribution < -0.4 is 0 Å². The molecule has 2 rings (SSSR count). The van der Waals surface area contributed by atoms with Gasteiger partial charge in [-0.25, -0.2) is 4.98 Å². The Kier molecular flexibility index (Phi) is 3.84. The van der Waals surface area contributed by atoms with Gasteiger partial charge in [-0.3, -0.25) is 4.79 Å². The van der Waals surface area contributed by atoms with Gasteiger partial charge in [-0.2, -0.15) is 5.26 Å². The van der Waals surface area contributed by atoms with Crippen molar-refractivity contribution in [3.05, 3.63) is 29.6 Å². The molecule has 2 heterocycles. The summed E-state index contributed by atoms with van der Waals surface area (Å²) >= 11 is 0. The van der Waals surface area contributed by atoms with Crippen molar-refractivity contribution < 1.29 is 4.79 Å². The molecule has 19 heavy (non-hydrogen) atoms. The van der Waals surface area contributed by atoms with Gasteiger partial charge in [0.2, 0.25) is 0 Å². The SMILES string of the molecule is CCC1(CC)CCN(C(=O)c2ccc(C#N)cn2)C1. The van der Waals surface area contributed by atoms with Gasteiger partial charge in [0.1, 0.15) is 11.8 Å². The number of pyridine rings is 1. The maximum absolute atomic E-state index is 12.3. The first-order valence-corrected chi connectivity index (χ1v) is 6.79. The van der Waals surface area contributed by atoms with E-state index in [9.17, 15) is 4.79 Å². The fourth-order valence-corrected chi connectivity index (χ4v) is 2.68. The molecular weight excluding hydrogens is 238 g/mol. The molecule has 0 bridgehead atoms. The summed E-state index contributed by atoms with van der Waals surface area (Å²) in [5, 5.41) is 8.73. The summed E-state index contributed by atoms with van der Waals surface area (Å²) in [6, 6.07) is 5.29. The summed E-state index contributed by atoms with van der Waals surface area (Å²) in [5.41, 5.74) is 1.19. The van der Waals surface area contributed by atoms with Gasteiger partial charge in [0.05, 0.1) is 5.56 Å². The molecule has 4 heteroatoms. The predicted molar refractivity (Wildman–Crippen MR) is 72.5 cm³/mol. The minimum Gasteiger partial charge on any atom is -0.337 e. The van der Waals surface area contributed by atoms with Crippen LogP contribution in [0.1, 0.15) is 49.2 Å². The molecular formula is C15H19N3O. The zero-order valence-corrected chi connectivity index (χ0v) is 11.5. The molecule has 0 aromatic carbocycles. The molecule has 1 aromatic heterocycles. The first-order valence-electron chi connectivity index (χ1n) is 6.79. The Balaban J connectivity index is 2.11. The topological polar surface area (TPSA) is 57.0 Å². The fraction of sp³-hybridized carbons (Fsp3) is 0.533. The van der Waals surface area contributed by atoms with E-state index < -0.39 is 0 Å². The monoisotopic (exact) mass is 257 g/mol. The number of amides is 1. The van der Waals surface area contributed by atoms with Crippen LogP contribution in [-0.4, -0.2) is 28.9 Å². The first kappa shape index (κ1) is 13.5. The summed E-state index contributed by atoms with van der Waals surface area (Å²) in [6.45, 7) is 6.01. The molecule has 1 amide bonds. The van der Waals surface area contributed by atoms with E-state index in [4.69, 9.17) is 5.26 Å². The summed E-state index contributed by atoms with van der Waals surface area (Å²) in [7, 11) is 0. The number of aromatic nitrogens is 1. The first-order chi connectivity index (χ1) is 9.14. The minimum atomic E-state index is -0.0201. The molecule has 1 aliphatic heterocycles. The second-order valence-electron chi connectivity index (χ2n) is 5.23. The van der Waals surface area contributed by atoms with Crippen molar-refractivity contribution >= 4 is 5.91 Å². The Hall–Kier alpha value is -1.89. The van der Waals surface area contributed by atoms with Crippen LogP contribution in [0.15, 0.2) is 18.3 Å². The number of carbonyl (C=O) groups excluding carboxylic acids is 1. The second kappa shape index (κ2) is 5.40. The molecule has 0 N–H and O–H groups in total. The smallest absolute Gasteiger partial charge is 0.272 e. The Labute approximate surface area is 114 Å². The third-order valence-corrected chi connectivity index (χ3v) is 4.34. The summed E-state index contributed by atoms with van der Waals surface area (Å²) in [6.07, 6.45) is 4.74. The van der Waals surface area contributed by atoms with Gasteiger partial charge in [0.25, 0.3) is 5.91 Å². The van der Waals surface area contributed by atoms with E-state index in [1.807, 2.05) is 11.0 Å². The quantitative estimate of drug-likeness (QED) is 0.836. The van der Waals surface area contributed by atoms with Crippen LogP contribution in [0.4, 0.5) is 0 Å². The largest absolute Gasteiger partial charge is 0.337 e. The van der Waals surface area contributed by atoms with Crippen molar-refractivity contribution in [3.63, 3.8) is 0 Å². The van der Waals surface area contributed by atoms with Crippen LogP contribution in [0.25, 0.3) is 0 Å². The molecule has 0 spiro atoms. The standard InChI is InChI=1S/C15H19N3O/c1-3-15(4-2)7-8-18(11-15)14(19)13-6-5-12(9-16)10-17-13/h5-6,10H,3-4,7-8,11H2,1-2H3. The maximum Gasteiger partial charge on any atom is 0.272 e. The van der Waals surface area contributed by atoms with Gasteiger partial charge >= 0.3 is 0 Å². The molecule has 1 aliphatic rings. The number of carbonyl (C=O) groups is 1. The van der Waals surface area contributed by atoms with Crippen LogP contribution in [0.3, 0.4) is 0 Å². The van der Waals surface area contributed by atoms with Gasteiger partial charge in [0.15, 0.2) is 0 Å². The van der Waals surface area contributed by atoms with E-state index in [0.29, 0.717) is 11.3 Å². The Morgan fingerprint density at radius 2 is 2.21 bits per heavy atom. The van der Waals surface area contributed by atoms with Gasteiger partial charge < -0.3 is 4.90 Å². The molecule has 0 unspecified atom stereocenters. The highest BCUT2D eigenvalue weighted by Crippen LogP contribution is 2.37. The average molecular weight is 257 g/mol. The van der Waals surface area contributed by atoms with E-state index in [1.54, 1.807) is 12.1 Å². The van der Waals surface area contributed by atoms with E-state index in [-0.39, 0.29) is 11.3 Å². The van der Waals surface area contributed by atoms with Crippen molar-refractivity contribution in [3.8, 4) is 6.07 Å². The third-order valence-electron chi connectivity index (χ3n) is 4.34. The van der Waals surface area contributed by atoms with E-state index in [2.05, 4.69) is 18.8 Å². The highest BCUT2D eigenvalue weighted by atomic mass is 16.2. The highest BCUT2D eigenvalue weighted by Gasteiger charge is 2.37. The molecule has 4 nitrogen and oxygen atoms in total. The van der Waals surface area contributed by atoms with Gasteiger partial charge in [0, 0.05) is 19.3 Å². The van der Waals surface area contributed by atoms with Crippen molar-refractivity contribution in [2.75, 3.05) is 13.1 Å². The molecule has 1 fully saturated rings. The van der Waals surface area contributed by atoms with Crippen molar-refractivity contribution in [2.45, 2.75) is 33.1 Å². The summed E-state index contributed by atoms with van der Waals surface area (Å²) < 4.78 is 0. The molecule has 1 aromatic rings. The van der Waals surface area contributed by atoms with E-state index in [1.165, 1.54) is 6.20 Å². The third kappa shape index (κ3) is 2.60. The minimum absolute atomic E-state index is 0.0201. The number of likely N-dealkylation sites (tertiary alicyclic amines) is 1. The second-order valence-corrected chi connectivity index (χ2v) is 5.23. The number of hydrogen-bond donors (Lipinski definition) is 0. The lowest BCUT2D eigenvalue weighted by atomic mass is 9.82. The maximum atomic E-state index is 12.3. The number of rotatable bonds is 3. The van der Waals surface area contributed by atoms with Gasteiger partial charge in [-0.15, -0.1) is 0 Å². The lowest BCUT2D eigenvalue weighted by Gasteiger charge is -2.26. The number of nitriles is 1. The zero-order chi connectivity index (χ0) is 13.9. The van der Waals surface area contributed by atoms with Crippen LogP contribution in [0.2, 0.25) is 0 Å². The van der Waals surface area contributed by atoms with Gasteiger partial charge in [-0.05, 0) is 36.8 Å². The lowest BCUT2D eigenvalue weighted by Crippen LogP contribution is -2.32. The van der Waals surface area contributed by atoms with Crippen molar-refractivity contribution in [1.29, 1.82) is 5.26 Å². The predicted octanol–water partition coefficient (Wildman–Crippen LogP) is 2.61. The zero-order valence-electron chi connectivity index (χ0n) is 11.5. The summed E-state index contributed by atoms with van der Waals surface area (Å²) in [5.74, 6) is -0.0201. The molecule has 0 radical (unpaired) electrons. The van der Waals surface area contributed by atoms with Crippen molar-refractivity contribution in [2.24, 2.45) is 5.41 Å². The molecule has 0 saturated carbocycles. The Morgan fingerprint density at radius 1 is 1.47 bits per heavy atom.